The minimum absolute atomic E-state index is 0. The van der Waals surface area contributed by atoms with Gasteiger partial charge in [0.2, 0.25) is 0 Å². The third kappa shape index (κ3) is 363. The second-order valence-electron chi connectivity index (χ2n) is 0.500. The Balaban J connectivity index is -0.0000000300. The zero-order chi connectivity index (χ0) is 7.15. The van der Waals surface area contributed by atoms with Crippen LogP contribution in [0.5, 0.6) is 0 Å². The maximum atomic E-state index is 8.52. The molecule has 10 heavy (non-hydrogen) atoms. The van der Waals surface area contributed by atoms with Crippen LogP contribution in [0.25, 0.3) is 0 Å². The molecule has 0 N–H and O–H groups in total. The van der Waals surface area contributed by atoms with Gasteiger partial charge >= 0.3 is 65.0 Å². The van der Waals surface area contributed by atoms with Crippen LogP contribution in [0.1, 0.15) is 0 Å². The summed E-state index contributed by atoms with van der Waals surface area (Å²) in [5.41, 5.74) is 0. The van der Waals surface area contributed by atoms with E-state index >= 15 is 0 Å². The quantitative estimate of drug-likeness (QED) is 0.410. The fourth-order valence-corrected chi connectivity index (χ4v) is 0. The summed E-state index contributed by atoms with van der Waals surface area (Å²) in [4.78, 5) is 34.1. The second kappa shape index (κ2) is 16.7. The van der Waals surface area contributed by atoms with Gasteiger partial charge in [0.15, 0.2) is 0 Å². The van der Waals surface area contributed by atoms with E-state index in [4.69, 9.17) is 28.1 Å². The fourth-order valence-electron chi connectivity index (χ4n) is 0. The van der Waals surface area contributed by atoms with Crippen molar-refractivity contribution in [2.45, 2.75) is 0 Å². The Morgan fingerprint density at radius 1 is 0.800 bits per heavy atom. The molecule has 0 unspecified atom stereocenters. The van der Waals surface area contributed by atoms with Crippen molar-refractivity contribution in [2.24, 2.45) is 0 Å². The maximum absolute atomic E-state index is 8.52. The molecule has 0 saturated heterocycles. The molecule has 0 atom stereocenters. The average Bonchev–Trinajstić information content (AvgIpc) is 1.25. The Labute approximate surface area is 110 Å². The molecule has 0 heterocycles. The molecule has 0 radical (unpaired) electrons. The molecule has 10 heteroatoms. The number of rotatable bonds is 0. The summed E-state index contributed by atoms with van der Waals surface area (Å²) in [6.45, 7) is 0. The molecule has 0 spiro atoms. The van der Waals surface area contributed by atoms with Gasteiger partial charge in [0.25, 0.3) is 0 Å². The van der Waals surface area contributed by atoms with Crippen molar-refractivity contribution in [3.63, 3.8) is 0 Å². The fraction of sp³-hybridized carbons (Fsp3) is 0. The third-order valence-corrected chi connectivity index (χ3v) is 0. The van der Waals surface area contributed by atoms with Crippen LogP contribution in [0.3, 0.4) is 0 Å². The van der Waals surface area contributed by atoms with Gasteiger partial charge < -0.3 is 28.1 Å². The van der Waals surface area contributed by atoms with Crippen LogP contribution < -0.4 is 19.2 Å². The van der Waals surface area contributed by atoms with Crippen molar-refractivity contribution < 1.29 is 47.6 Å². The van der Waals surface area contributed by atoms with Crippen molar-refractivity contribution in [2.75, 3.05) is 0 Å². The topological polar surface area (TPSA) is 126 Å². The molecule has 0 aliphatic rings. The van der Waals surface area contributed by atoms with Crippen molar-refractivity contribution in [3.8, 4) is 0 Å². The van der Waals surface area contributed by atoms with Crippen molar-refractivity contribution in [1.82, 2.24) is 0 Å². The van der Waals surface area contributed by atoms with E-state index in [1.54, 1.807) is 0 Å². The van der Waals surface area contributed by atoms with Crippen LogP contribution >= 0.6 is 0 Å². The Bertz CT molecular complexity index is 73.7. The maximum Gasteiger partial charge on any atom is 2.00 e. The van der Waals surface area contributed by atoms with E-state index in [-0.39, 0.29) is 65.0 Å². The van der Waals surface area contributed by atoms with Gasteiger partial charge in [-0.05, 0) is 0 Å². The summed E-state index contributed by atoms with van der Waals surface area (Å²) in [5, 5.41) is 0. The van der Waals surface area contributed by atoms with Gasteiger partial charge in [0.1, 0.15) is 0 Å². The molecule has 0 amide bonds. The van der Waals surface area contributed by atoms with E-state index in [1.807, 2.05) is 0 Å². The molecule has 0 aromatic heterocycles. The van der Waals surface area contributed by atoms with Crippen molar-refractivity contribution >= 4 is 63.8 Å². The van der Waals surface area contributed by atoms with Crippen molar-refractivity contribution in [3.05, 3.63) is 0 Å². The van der Waals surface area contributed by atoms with Crippen LogP contribution in [0.15, 0.2) is 0 Å². The minimum atomic E-state index is -3.63. The van der Waals surface area contributed by atoms with Crippen LogP contribution in [0, 0.1) is 0 Å². The summed E-state index contributed by atoms with van der Waals surface area (Å²) in [6.07, 6.45) is 0. The second-order valence-corrected chi connectivity index (χ2v) is 1.50. The summed E-state index contributed by atoms with van der Waals surface area (Å²) in [5.74, 6) is 0. The Kier molecular flexibility index (Phi) is 37.7. The third-order valence-electron chi connectivity index (χ3n) is 0. The predicted molar refractivity (Wildman–Crippen MR) is 18.6 cm³/mol. The van der Waals surface area contributed by atoms with Gasteiger partial charge in [-0.25, -0.2) is 0 Å². The van der Waals surface area contributed by atoms with Gasteiger partial charge in [-0.2, -0.15) is 0 Å². The minimum Gasteiger partial charge on any atom is -0.672 e. The molecular formula is O6Si2SrZn. The molecule has 6 nitrogen and oxygen atoms in total. The van der Waals surface area contributed by atoms with E-state index < -0.39 is 18.3 Å². The molecule has 48 valence electrons. The Morgan fingerprint density at radius 2 is 0.800 bits per heavy atom. The molecule has 0 fully saturated rings. The van der Waals surface area contributed by atoms with E-state index in [0.29, 0.717) is 0 Å². The van der Waals surface area contributed by atoms with Crippen molar-refractivity contribution in [1.29, 1.82) is 0 Å². The largest absolute Gasteiger partial charge is 2.00 e. The standard InChI is InChI=1S/2O3Si.Sr.Zn/c2*1-4(2)3;;/q2*-2;2*+2. The summed E-state index contributed by atoms with van der Waals surface area (Å²) in [6, 6.07) is 0. The number of hydrogen-bond acceptors (Lipinski definition) is 6. The monoisotopic (exact) mass is 304 g/mol. The molecular weight excluding hydrogens is 305 g/mol. The number of hydrogen-bond donors (Lipinski definition) is 0. The zero-order valence-electron chi connectivity index (χ0n) is 4.86. The first-order chi connectivity index (χ1) is 3.46. The van der Waals surface area contributed by atoms with E-state index in [0.717, 1.165) is 0 Å². The van der Waals surface area contributed by atoms with E-state index in [2.05, 4.69) is 0 Å². The molecule has 0 bridgehead atoms. The van der Waals surface area contributed by atoms with E-state index in [1.165, 1.54) is 0 Å². The van der Waals surface area contributed by atoms with Crippen LogP contribution in [0.2, 0.25) is 0 Å². The summed E-state index contributed by atoms with van der Waals surface area (Å²) >= 11 is 0. The zero-order valence-corrected chi connectivity index (χ0v) is 13.3. The predicted octanol–water partition coefficient (Wildman–Crippen LogP) is -6.14. The molecule has 0 aliphatic carbocycles. The van der Waals surface area contributed by atoms with Gasteiger partial charge in [0, 0.05) is 18.3 Å². The Morgan fingerprint density at radius 3 is 0.800 bits per heavy atom. The molecule has 0 aromatic carbocycles. The molecule has 0 aliphatic heterocycles. The van der Waals surface area contributed by atoms with Gasteiger partial charge in [-0.15, -0.1) is 0 Å². The van der Waals surface area contributed by atoms with Gasteiger partial charge in [0.05, 0.1) is 0 Å². The van der Waals surface area contributed by atoms with Crippen LogP contribution in [-0.2, 0) is 28.4 Å². The first-order valence-corrected chi connectivity index (χ1v) is 3.67. The first kappa shape index (κ1) is 22.5. The van der Waals surface area contributed by atoms with E-state index in [9.17, 15) is 0 Å². The molecule has 0 saturated carbocycles. The first-order valence-electron chi connectivity index (χ1n) is 1.22. The van der Waals surface area contributed by atoms with Crippen LogP contribution in [0.4, 0.5) is 0 Å². The van der Waals surface area contributed by atoms with Gasteiger partial charge in [-0.1, -0.05) is 0 Å². The SMILES string of the molecule is O=[Si]([O-])[O-].O=[Si]([O-])[O-].[Sr+2].[Zn+2]. The molecule has 0 aromatic rings. The Hall–Kier alpha value is 1.34. The smallest absolute Gasteiger partial charge is 0.672 e. The molecule has 0 rings (SSSR count). The van der Waals surface area contributed by atoms with Gasteiger partial charge in [-0.3, -0.25) is 0 Å². The summed E-state index contributed by atoms with van der Waals surface area (Å²) < 4.78 is 17.0. The summed E-state index contributed by atoms with van der Waals surface area (Å²) in [7, 11) is -7.26. The van der Waals surface area contributed by atoms with Crippen LogP contribution in [-0.4, -0.2) is 63.8 Å². The average molecular weight is 305 g/mol. The normalized spacial score (nSPS) is 4.80.